The average Bonchev–Trinajstić information content (AvgIpc) is 2.37. The van der Waals surface area contributed by atoms with Gasteiger partial charge < -0.3 is 10.5 Å². The maximum Gasteiger partial charge on any atom is 0.242 e. The molecule has 0 saturated carbocycles. The summed E-state index contributed by atoms with van der Waals surface area (Å²) < 4.78 is 32.7. The van der Waals surface area contributed by atoms with E-state index in [1.165, 1.54) is 18.2 Å². The fourth-order valence-corrected chi connectivity index (χ4v) is 3.65. The summed E-state index contributed by atoms with van der Waals surface area (Å²) >= 11 is 0. The Morgan fingerprint density at radius 2 is 2.25 bits per heavy atom. The molecule has 1 aromatic carbocycles. The third-order valence-electron chi connectivity index (χ3n) is 3.24. The molecule has 0 spiro atoms. The molecule has 1 aromatic rings. The van der Waals surface area contributed by atoms with Crippen molar-refractivity contribution in [3.63, 3.8) is 0 Å². The van der Waals surface area contributed by atoms with Crippen LogP contribution < -0.4 is 10.5 Å². The molecule has 1 heterocycles. The standard InChI is InChI=1S/C13H17N3O3S/c1-9-6-11(4-5-19-9)16-20(17,18)13-3-2-10(8-14)7-12(13)15/h2-3,7,9,11,16H,4-6,15H2,1H3. The van der Waals surface area contributed by atoms with Crippen molar-refractivity contribution in [2.45, 2.75) is 36.8 Å². The first kappa shape index (κ1) is 14.8. The van der Waals surface area contributed by atoms with E-state index in [2.05, 4.69) is 4.72 Å². The number of benzene rings is 1. The van der Waals surface area contributed by atoms with E-state index in [4.69, 9.17) is 15.7 Å². The van der Waals surface area contributed by atoms with Gasteiger partial charge in [-0.05, 0) is 38.0 Å². The third kappa shape index (κ3) is 3.28. The first-order valence-electron chi connectivity index (χ1n) is 6.36. The first-order chi connectivity index (χ1) is 9.42. The SMILES string of the molecule is CC1CC(NS(=O)(=O)c2ccc(C#N)cc2N)CCO1. The summed E-state index contributed by atoms with van der Waals surface area (Å²) in [6, 6.07) is 5.93. The van der Waals surface area contributed by atoms with Gasteiger partial charge in [-0.3, -0.25) is 0 Å². The number of nitrogens with zero attached hydrogens (tertiary/aromatic N) is 1. The molecule has 0 bridgehead atoms. The molecule has 0 aromatic heterocycles. The van der Waals surface area contributed by atoms with Gasteiger partial charge in [0.25, 0.3) is 0 Å². The van der Waals surface area contributed by atoms with Gasteiger partial charge in [0.15, 0.2) is 0 Å². The Balaban J connectivity index is 2.20. The summed E-state index contributed by atoms with van der Waals surface area (Å²) in [4.78, 5) is 0.00986. The molecule has 1 aliphatic rings. The molecule has 1 saturated heterocycles. The second kappa shape index (κ2) is 5.79. The van der Waals surface area contributed by atoms with Crippen LogP contribution in [0, 0.1) is 11.3 Å². The fourth-order valence-electron chi connectivity index (χ4n) is 2.25. The summed E-state index contributed by atoms with van der Waals surface area (Å²) in [6.45, 7) is 2.45. The van der Waals surface area contributed by atoms with Crippen LogP contribution in [-0.2, 0) is 14.8 Å². The molecule has 3 N–H and O–H groups in total. The van der Waals surface area contributed by atoms with Crippen molar-refractivity contribution < 1.29 is 13.2 Å². The number of nitrogens with one attached hydrogen (secondary N) is 1. The Bertz CT molecular complexity index is 637. The maximum absolute atomic E-state index is 12.3. The lowest BCUT2D eigenvalue weighted by Crippen LogP contribution is -2.41. The van der Waals surface area contributed by atoms with Crippen LogP contribution in [0.15, 0.2) is 23.1 Å². The van der Waals surface area contributed by atoms with Gasteiger partial charge in [-0.25, -0.2) is 13.1 Å². The normalized spacial score (nSPS) is 23.2. The minimum Gasteiger partial charge on any atom is -0.398 e. The number of anilines is 1. The maximum atomic E-state index is 12.3. The second-order valence-electron chi connectivity index (χ2n) is 4.89. The molecule has 0 radical (unpaired) electrons. The van der Waals surface area contributed by atoms with Crippen molar-refractivity contribution >= 4 is 15.7 Å². The lowest BCUT2D eigenvalue weighted by Gasteiger charge is -2.27. The number of hydrogen-bond donors (Lipinski definition) is 2. The molecule has 1 fully saturated rings. The summed E-state index contributed by atoms with van der Waals surface area (Å²) in [5, 5.41) is 8.76. The highest BCUT2D eigenvalue weighted by Gasteiger charge is 2.26. The van der Waals surface area contributed by atoms with E-state index in [-0.39, 0.29) is 22.7 Å². The molecule has 2 rings (SSSR count). The van der Waals surface area contributed by atoms with Crippen molar-refractivity contribution in [2.24, 2.45) is 0 Å². The van der Waals surface area contributed by atoms with E-state index in [9.17, 15) is 8.42 Å². The molecule has 7 heteroatoms. The van der Waals surface area contributed by atoms with Crippen LogP contribution in [0.3, 0.4) is 0 Å². The topological polar surface area (TPSA) is 105 Å². The van der Waals surface area contributed by atoms with Gasteiger partial charge in [-0.2, -0.15) is 5.26 Å². The predicted octanol–water partition coefficient (Wildman–Crippen LogP) is 0.986. The molecule has 1 aliphatic heterocycles. The Hall–Kier alpha value is -1.62. The van der Waals surface area contributed by atoms with Gasteiger partial charge in [0.05, 0.1) is 23.4 Å². The summed E-state index contributed by atoms with van der Waals surface area (Å²) in [6.07, 6.45) is 1.31. The Morgan fingerprint density at radius 1 is 1.50 bits per heavy atom. The number of hydrogen-bond acceptors (Lipinski definition) is 5. The molecule has 0 aliphatic carbocycles. The minimum atomic E-state index is -3.68. The highest BCUT2D eigenvalue weighted by Crippen LogP contribution is 2.22. The van der Waals surface area contributed by atoms with Crippen LogP contribution >= 0.6 is 0 Å². The van der Waals surface area contributed by atoms with Crippen molar-refractivity contribution in [1.29, 1.82) is 5.26 Å². The van der Waals surface area contributed by atoms with E-state index in [0.717, 1.165) is 0 Å². The summed E-state index contributed by atoms with van der Waals surface area (Å²) in [5.74, 6) is 0. The van der Waals surface area contributed by atoms with Crippen molar-refractivity contribution in [2.75, 3.05) is 12.3 Å². The lowest BCUT2D eigenvalue weighted by molar-refractivity contribution is 0.0173. The summed E-state index contributed by atoms with van der Waals surface area (Å²) in [7, 11) is -3.68. The van der Waals surface area contributed by atoms with Crippen molar-refractivity contribution in [1.82, 2.24) is 4.72 Å². The highest BCUT2D eigenvalue weighted by atomic mass is 32.2. The number of sulfonamides is 1. The zero-order valence-electron chi connectivity index (χ0n) is 11.2. The zero-order chi connectivity index (χ0) is 14.8. The molecule has 108 valence electrons. The average molecular weight is 295 g/mol. The van der Waals surface area contributed by atoms with Gasteiger partial charge in [-0.1, -0.05) is 0 Å². The van der Waals surface area contributed by atoms with Gasteiger partial charge in [-0.15, -0.1) is 0 Å². The van der Waals surface area contributed by atoms with Crippen LogP contribution in [0.2, 0.25) is 0 Å². The van der Waals surface area contributed by atoms with Gasteiger partial charge in [0, 0.05) is 12.6 Å². The lowest BCUT2D eigenvalue weighted by atomic mass is 10.1. The van der Waals surface area contributed by atoms with Crippen LogP contribution in [0.5, 0.6) is 0 Å². The zero-order valence-corrected chi connectivity index (χ0v) is 12.0. The monoisotopic (exact) mass is 295 g/mol. The van der Waals surface area contributed by atoms with Crippen LogP contribution in [0.25, 0.3) is 0 Å². The quantitative estimate of drug-likeness (QED) is 0.809. The Labute approximate surface area is 118 Å². The number of ether oxygens (including phenoxy) is 1. The van der Waals surface area contributed by atoms with E-state index in [0.29, 0.717) is 25.0 Å². The number of nitrogens with two attached hydrogens (primary N) is 1. The van der Waals surface area contributed by atoms with Gasteiger partial charge in [0.2, 0.25) is 10.0 Å². The number of rotatable bonds is 3. The predicted molar refractivity (Wildman–Crippen MR) is 74.3 cm³/mol. The molecular weight excluding hydrogens is 278 g/mol. The van der Waals surface area contributed by atoms with Crippen LogP contribution in [0.1, 0.15) is 25.3 Å². The Morgan fingerprint density at radius 3 is 2.85 bits per heavy atom. The Kier molecular flexibility index (Phi) is 4.28. The molecule has 20 heavy (non-hydrogen) atoms. The van der Waals surface area contributed by atoms with Crippen molar-refractivity contribution in [3.8, 4) is 6.07 Å². The van der Waals surface area contributed by atoms with E-state index < -0.39 is 10.0 Å². The highest BCUT2D eigenvalue weighted by molar-refractivity contribution is 7.89. The molecule has 2 unspecified atom stereocenters. The molecule has 6 nitrogen and oxygen atoms in total. The fraction of sp³-hybridized carbons (Fsp3) is 0.462. The van der Waals surface area contributed by atoms with Gasteiger partial charge >= 0.3 is 0 Å². The van der Waals surface area contributed by atoms with E-state index in [1.807, 2.05) is 13.0 Å². The first-order valence-corrected chi connectivity index (χ1v) is 7.84. The summed E-state index contributed by atoms with van der Waals surface area (Å²) in [5.41, 5.74) is 6.14. The van der Waals surface area contributed by atoms with Crippen LogP contribution in [0.4, 0.5) is 5.69 Å². The third-order valence-corrected chi connectivity index (χ3v) is 4.83. The van der Waals surface area contributed by atoms with E-state index >= 15 is 0 Å². The van der Waals surface area contributed by atoms with Gasteiger partial charge in [0.1, 0.15) is 4.90 Å². The largest absolute Gasteiger partial charge is 0.398 e. The number of nitriles is 1. The molecule has 0 amide bonds. The minimum absolute atomic E-state index is 0.00986. The number of nitrogen functional groups attached to an aromatic ring is 1. The van der Waals surface area contributed by atoms with Crippen LogP contribution in [-0.4, -0.2) is 27.2 Å². The second-order valence-corrected chi connectivity index (χ2v) is 6.57. The van der Waals surface area contributed by atoms with E-state index in [1.54, 1.807) is 0 Å². The molecule has 2 atom stereocenters. The van der Waals surface area contributed by atoms with Crippen molar-refractivity contribution in [3.05, 3.63) is 23.8 Å². The smallest absolute Gasteiger partial charge is 0.242 e. The molecular formula is C13H17N3O3S.